The van der Waals surface area contributed by atoms with Crippen LogP contribution < -0.4 is 10.1 Å². The van der Waals surface area contributed by atoms with Gasteiger partial charge in [0.15, 0.2) is 6.10 Å². The summed E-state index contributed by atoms with van der Waals surface area (Å²) in [5, 5.41) is 3.08. The van der Waals surface area contributed by atoms with Crippen LogP contribution in [0.5, 0.6) is 5.75 Å². The summed E-state index contributed by atoms with van der Waals surface area (Å²) in [5.41, 5.74) is 0.454. The Bertz CT molecular complexity index is 518. The molecule has 1 atom stereocenters. The third kappa shape index (κ3) is 5.27. The van der Waals surface area contributed by atoms with Crippen molar-refractivity contribution in [2.45, 2.75) is 57.6 Å². The van der Waals surface area contributed by atoms with E-state index in [1.807, 2.05) is 0 Å². The van der Waals surface area contributed by atoms with Crippen LogP contribution in [0.2, 0.25) is 0 Å². The number of amides is 1. The first-order chi connectivity index (χ1) is 11.1. The van der Waals surface area contributed by atoms with Crippen LogP contribution in [-0.4, -0.2) is 31.1 Å². The first-order valence-electron chi connectivity index (χ1n) is 8.25. The molecule has 1 aliphatic rings. The maximum atomic E-state index is 12.2. The fourth-order valence-corrected chi connectivity index (χ4v) is 2.79. The highest BCUT2D eigenvalue weighted by Gasteiger charge is 2.20. The second-order valence-corrected chi connectivity index (χ2v) is 5.97. The molecule has 2 rings (SSSR count). The summed E-state index contributed by atoms with van der Waals surface area (Å²) < 4.78 is 10.3. The summed E-state index contributed by atoms with van der Waals surface area (Å²) >= 11 is 0. The van der Waals surface area contributed by atoms with Crippen LogP contribution in [0.15, 0.2) is 24.3 Å². The Kier molecular flexibility index (Phi) is 6.44. The molecule has 0 spiro atoms. The van der Waals surface area contributed by atoms with Gasteiger partial charge >= 0.3 is 5.97 Å². The lowest BCUT2D eigenvalue weighted by atomic mass is 10.1. The van der Waals surface area contributed by atoms with E-state index in [1.165, 1.54) is 32.8 Å². The lowest BCUT2D eigenvalue weighted by Crippen LogP contribution is -2.42. The number of esters is 1. The van der Waals surface area contributed by atoms with E-state index in [-0.39, 0.29) is 11.9 Å². The number of benzene rings is 1. The van der Waals surface area contributed by atoms with Crippen molar-refractivity contribution in [3.05, 3.63) is 29.8 Å². The van der Waals surface area contributed by atoms with Crippen LogP contribution in [-0.2, 0) is 9.53 Å². The standard InChI is InChI=1S/C18H25NO4/c1-13(17(20)19-15-7-5-3-4-6-8-15)23-16-11-9-14(10-12-16)18(21)22-2/h9-13,15H,3-8H2,1-2H3,(H,19,20). The summed E-state index contributed by atoms with van der Waals surface area (Å²) in [6.45, 7) is 1.74. The van der Waals surface area contributed by atoms with Gasteiger partial charge in [-0.05, 0) is 44.0 Å². The summed E-state index contributed by atoms with van der Waals surface area (Å²) in [6.07, 6.45) is 6.39. The lowest BCUT2D eigenvalue weighted by Gasteiger charge is -2.20. The molecule has 1 amide bonds. The number of ether oxygens (including phenoxy) is 2. The number of methoxy groups -OCH3 is 1. The van der Waals surface area contributed by atoms with Crippen molar-refractivity contribution >= 4 is 11.9 Å². The maximum absolute atomic E-state index is 12.2. The molecule has 0 saturated heterocycles. The van der Waals surface area contributed by atoms with Gasteiger partial charge in [-0.15, -0.1) is 0 Å². The van der Waals surface area contributed by atoms with Gasteiger partial charge in [0.2, 0.25) is 0 Å². The third-order valence-electron chi connectivity index (χ3n) is 4.16. The molecular weight excluding hydrogens is 294 g/mol. The number of nitrogens with one attached hydrogen (secondary N) is 1. The van der Waals surface area contributed by atoms with E-state index >= 15 is 0 Å². The van der Waals surface area contributed by atoms with E-state index in [2.05, 4.69) is 10.1 Å². The fourth-order valence-electron chi connectivity index (χ4n) is 2.79. The van der Waals surface area contributed by atoms with Crippen LogP contribution in [0.3, 0.4) is 0 Å². The van der Waals surface area contributed by atoms with Crippen molar-refractivity contribution in [2.75, 3.05) is 7.11 Å². The zero-order valence-corrected chi connectivity index (χ0v) is 13.8. The van der Waals surface area contributed by atoms with E-state index in [0.29, 0.717) is 11.3 Å². The molecule has 0 aliphatic heterocycles. The van der Waals surface area contributed by atoms with Gasteiger partial charge in [0.05, 0.1) is 12.7 Å². The molecule has 0 aromatic heterocycles. The Labute approximate surface area is 137 Å². The Morgan fingerprint density at radius 2 is 1.70 bits per heavy atom. The largest absolute Gasteiger partial charge is 0.481 e. The topological polar surface area (TPSA) is 64.6 Å². The van der Waals surface area contributed by atoms with Gasteiger partial charge < -0.3 is 14.8 Å². The first-order valence-corrected chi connectivity index (χ1v) is 8.25. The predicted octanol–water partition coefficient (Wildman–Crippen LogP) is 3.08. The molecule has 0 heterocycles. The molecule has 1 unspecified atom stereocenters. The van der Waals surface area contributed by atoms with E-state index in [1.54, 1.807) is 31.2 Å². The number of carbonyl (C=O) groups is 2. The van der Waals surface area contributed by atoms with Crippen molar-refractivity contribution in [3.8, 4) is 5.75 Å². The van der Waals surface area contributed by atoms with E-state index in [9.17, 15) is 9.59 Å². The third-order valence-corrected chi connectivity index (χ3v) is 4.16. The van der Waals surface area contributed by atoms with Gasteiger partial charge in [-0.25, -0.2) is 4.79 Å². The van der Waals surface area contributed by atoms with Gasteiger partial charge in [-0.2, -0.15) is 0 Å². The maximum Gasteiger partial charge on any atom is 0.337 e. The summed E-state index contributed by atoms with van der Waals surface area (Å²) in [5.74, 6) is 0.0748. The smallest absolute Gasteiger partial charge is 0.337 e. The summed E-state index contributed by atoms with van der Waals surface area (Å²) in [7, 11) is 1.34. The van der Waals surface area contributed by atoms with E-state index in [4.69, 9.17) is 4.74 Å². The highest BCUT2D eigenvalue weighted by atomic mass is 16.5. The Hall–Kier alpha value is -2.04. The van der Waals surface area contributed by atoms with Gasteiger partial charge in [0, 0.05) is 6.04 Å². The number of carbonyl (C=O) groups excluding carboxylic acids is 2. The van der Waals surface area contributed by atoms with Crippen molar-refractivity contribution in [2.24, 2.45) is 0 Å². The number of rotatable bonds is 5. The normalized spacial score (nSPS) is 17.0. The second kappa shape index (κ2) is 8.56. The predicted molar refractivity (Wildman–Crippen MR) is 87.5 cm³/mol. The molecule has 1 fully saturated rings. The number of hydrogen-bond donors (Lipinski definition) is 1. The highest BCUT2D eigenvalue weighted by molar-refractivity contribution is 5.89. The average molecular weight is 319 g/mol. The summed E-state index contributed by atoms with van der Waals surface area (Å²) in [6, 6.07) is 6.84. The molecule has 1 saturated carbocycles. The molecule has 126 valence electrons. The molecule has 1 N–H and O–H groups in total. The monoisotopic (exact) mass is 319 g/mol. The fraction of sp³-hybridized carbons (Fsp3) is 0.556. The van der Waals surface area contributed by atoms with Crippen molar-refractivity contribution in [1.29, 1.82) is 0 Å². The molecule has 1 aliphatic carbocycles. The molecule has 5 nitrogen and oxygen atoms in total. The average Bonchev–Trinajstić information content (AvgIpc) is 2.83. The Morgan fingerprint density at radius 1 is 1.09 bits per heavy atom. The van der Waals surface area contributed by atoms with Crippen LogP contribution >= 0.6 is 0 Å². The Balaban J connectivity index is 1.86. The molecule has 1 aromatic rings. The SMILES string of the molecule is COC(=O)c1ccc(OC(C)C(=O)NC2CCCCCC2)cc1. The highest BCUT2D eigenvalue weighted by Crippen LogP contribution is 2.18. The minimum absolute atomic E-state index is 0.0889. The molecule has 23 heavy (non-hydrogen) atoms. The minimum Gasteiger partial charge on any atom is -0.481 e. The van der Waals surface area contributed by atoms with E-state index in [0.717, 1.165) is 12.8 Å². The van der Waals surface area contributed by atoms with Crippen LogP contribution in [0.25, 0.3) is 0 Å². The van der Waals surface area contributed by atoms with Crippen LogP contribution in [0, 0.1) is 0 Å². The van der Waals surface area contributed by atoms with Gasteiger partial charge in [0.25, 0.3) is 5.91 Å². The number of hydrogen-bond acceptors (Lipinski definition) is 4. The van der Waals surface area contributed by atoms with E-state index < -0.39 is 12.1 Å². The van der Waals surface area contributed by atoms with Gasteiger partial charge in [0.1, 0.15) is 5.75 Å². The van der Waals surface area contributed by atoms with Crippen LogP contribution in [0.1, 0.15) is 55.8 Å². The molecule has 0 radical (unpaired) electrons. The summed E-state index contributed by atoms with van der Waals surface area (Å²) in [4.78, 5) is 23.6. The van der Waals surface area contributed by atoms with Gasteiger partial charge in [-0.3, -0.25) is 4.79 Å². The van der Waals surface area contributed by atoms with Crippen molar-refractivity contribution in [1.82, 2.24) is 5.32 Å². The van der Waals surface area contributed by atoms with Gasteiger partial charge in [-0.1, -0.05) is 25.7 Å². The second-order valence-electron chi connectivity index (χ2n) is 5.97. The molecular formula is C18H25NO4. The Morgan fingerprint density at radius 3 is 2.26 bits per heavy atom. The molecule has 5 heteroatoms. The lowest BCUT2D eigenvalue weighted by molar-refractivity contribution is -0.128. The van der Waals surface area contributed by atoms with Crippen molar-refractivity contribution < 1.29 is 19.1 Å². The minimum atomic E-state index is -0.567. The zero-order valence-electron chi connectivity index (χ0n) is 13.8. The zero-order chi connectivity index (χ0) is 16.7. The van der Waals surface area contributed by atoms with Crippen molar-refractivity contribution in [3.63, 3.8) is 0 Å². The van der Waals surface area contributed by atoms with Crippen LogP contribution in [0.4, 0.5) is 0 Å². The molecule has 1 aromatic carbocycles. The molecule has 0 bridgehead atoms. The quantitative estimate of drug-likeness (QED) is 0.669. The first kappa shape index (κ1) is 17.3.